The summed E-state index contributed by atoms with van der Waals surface area (Å²) in [6.45, 7) is 4.01. The monoisotopic (exact) mass is 529 g/mol. The van der Waals surface area contributed by atoms with Crippen molar-refractivity contribution in [2.75, 3.05) is 24.3 Å². The van der Waals surface area contributed by atoms with Gasteiger partial charge in [0, 0.05) is 42.8 Å². The van der Waals surface area contributed by atoms with E-state index < -0.39 is 12.1 Å². The van der Waals surface area contributed by atoms with Crippen LogP contribution in [0.4, 0.5) is 24.9 Å². The van der Waals surface area contributed by atoms with Gasteiger partial charge in [-0.05, 0) is 57.2 Å². The van der Waals surface area contributed by atoms with Crippen LogP contribution in [0.2, 0.25) is 5.02 Å². The molecule has 8 nitrogen and oxygen atoms in total. The van der Waals surface area contributed by atoms with Crippen molar-refractivity contribution in [2.45, 2.75) is 57.8 Å². The standard InChI is InChI=1S/C22H30ClN5O.C2HF3O2/c1-14-13-24-22(27-20(14)28(3)4)26-19-11-7-17(8-12-19)21(29)25-15(2)16-5-9-18(23)10-6-16;3-2(4,5)1(6)7/h5-6,9-10,13,15,17,19H,7-8,11-12H2,1-4H3,(H,25,29)(H,24,26,27);(H,6,7)/t15-,17?,19?;/m0./s1. The number of alkyl halides is 3. The molecule has 0 spiro atoms. The number of carboxylic acids is 1. The highest BCUT2D eigenvalue weighted by Crippen LogP contribution is 2.28. The molecule has 0 unspecified atom stereocenters. The van der Waals surface area contributed by atoms with Gasteiger partial charge in [0.2, 0.25) is 11.9 Å². The summed E-state index contributed by atoms with van der Waals surface area (Å²) in [5.74, 6) is -0.991. The Morgan fingerprint density at radius 2 is 1.69 bits per heavy atom. The Morgan fingerprint density at radius 3 is 2.19 bits per heavy atom. The molecule has 36 heavy (non-hydrogen) atoms. The molecule has 1 aliphatic rings. The number of rotatable bonds is 6. The maximum absolute atomic E-state index is 12.7. The zero-order valence-electron chi connectivity index (χ0n) is 20.6. The molecule has 0 saturated heterocycles. The van der Waals surface area contributed by atoms with Gasteiger partial charge in [0.05, 0.1) is 6.04 Å². The molecule has 12 heteroatoms. The highest BCUT2D eigenvalue weighted by atomic mass is 35.5. The Hall–Kier alpha value is -3.08. The van der Waals surface area contributed by atoms with E-state index >= 15 is 0 Å². The Morgan fingerprint density at radius 1 is 1.14 bits per heavy atom. The van der Waals surface area contributed by atoms with Crippen molar-refractivity contribution in [3.05, 3.63) is 46.6 Å². The largest absolute Gasteiger partial charge is 0.490 e. The summed E-state index contributed by atoms with van der Waals surface area (Å²) in [6.07, 6.45) is 0.359. The summed E-state index contributed by atoms with van der Waals surface area (Å²) in [5, 5.41) is 14.4. The van der Waals surface area contributed by atoms with Crippen molar-refractivity contribution < 1.29 is 27.9 Å². The predicted molar refractivity (Wildman–Crippen MR) is 132 cm³/mol. The van der Waals surface area contributed by atoms with E-state index in [0.29, 0.717) is 17.0 Å². The number of carbonyl (C=O) groups is 2. The number of benzene rings is 1. The van der Waals surface area contributed by atoms with Crippen molar-refractivity contribution >= 4 is 35.2 Å². The fourth-order valence-corrected chi connectivity index (χ4v) is 3.93. The third kappa shape index (κ3) is 8.85. The molecule has 1 amide bonds. The molecular weight excluding hydrogens is 499 g/mol. The van der Waals surface area contributed by atoms with E-state index in [1.165, 1.54) is 0 Å². The number of carbonyl (C=O) groups excluding carboxylic acids is 1. The van der Waals surface area contributed by atoms with Gasteiger partial charge in [0.25, 0.3) is 0 Å². The van der Waals surface area contributed by atoms with Gasteiger partial charge in [0.1, 0.15) is 5.82 Å². The SMILES string of the molecule is Cc1cnc(NC2CCC(C(=O)N[C@@H](C)c3ccc(Cl)cc3)CC2)nc1N(C)C.O=C(O)C(F)(F)F. The molecule has 2 aromatic rings. The van der Waals surface area contributed by atoms with Crippen molar-refractivity contribution in [1.29, 1.82) is 0 Å². The van der Waals surface area contributed by atoms with Crippen LogP contribution >= 0.6 is 11.6 Å². The average Bonchev–Trinajstić information content (AvgIpc) is 2.80. The maximum Gasteiger partial charge on any atom is 0.490 e. The summed E-state index contributed by atoms with van der Waals surface area (Å²) in [7, 11) is 3.96. The van der Waals surface area contributed by atoms with Gasteiger partial charge in [-0.1, -0.05) is 23.7 Å². The Balaban J connectivity index is 0.000000572. The Bertz CT molecular complexity index is 1030. The Labute approximate surface area is 213 Å². The first-order chi connectivity index (χ1) is 16.8. The topological polar surface area (TPSA) is 107 Å². The fraction of sp³-hybridized carbons (Fsp3) is 0.500. The summed E-state index contributed by atoms with van der Waals surface area (Å²) >= 11 is 5.94. The highest BCUT2D eigenvalue weighted by molar-refractivity contribution is 6.30. The zero-order valence-corrected chi connectivity index (χ0v) is 21.3. The first-order valence-corrected chi connectivity index (χ1v) is 11.8. The minimum Gasteiger partial charge on any atom is -0.475 e. The molecule has 3 N–H and O–H groups in total. The second-order valence-electron chi connectivity index (χ2n) is 8.87. The van der Waals surface area contributed by atoms with Crippen LogP contribution in [0.25, 0.3) is 0 Å². The number of aromatic nitrogens is 2. The van der Waals surface area contributed by atoms with Crippen molar-refractivity contribution in [3.8, 4) is 0 Å². The van der Waals surface area contributed by atoms with E-state index in [1.54, 1.807) is 0 Å². The minimum absolute atomic E-state index is 0.0268. The lowest BCUT2D eigenvalue weighted by Gasteiger charge is -2.29. The summed E-state index contributed by atoms with van der Waals surface area (Å²) < 4.78 is 31.7. The molecule has 0 radical (unpaired) electrons. The number of hydrogen-bond acceptors (Lipinski definition) is 6. The molecule has 1 fully saturated rings. The van der Waals surface area contributed by atoms with E-state index in [-0.39, 0.29) is 17.9 Å². The van der Waals surface area contributed by atoms with Gasteiger partial charge in [-0.2, -0.15) is 18.2 Å². The van der Waals surface area contributed by atoms with Crippen LogP contribution in [0.3, 0.4) is 0 Å². The van der Waals surface area contributed by atoms with Crippen LogP contribution in [-0.4, -0.2) is 53.3 Å². The number of amides is 1. The first-order valence-electron chi connectivity index (χ1n) is 11.4. The van der Waals surface area contributed by atoms with Crippen LogP contribution in [0.1, 0.15) is 49.8 Å². The van der Waals surface area contributed by atoms with Crippen molar-refractivity contribution in [2.24, 2.45) is 5.92 Å². The minimum atomic E-state index is -5.08. The normalized spacial score (nSPS) is 18.3. The molecule has 1 atom stereocenters. The highest BCUT2D eigenvalue weighted by Gasteiger charge is 2.38. The molecule has 1 aliphatic carbocycles. The Kier molecular flexibility index (Phi) is 10.3. The van der Waals surface area contributed by atoms with Crippen LogP contribution in [0, 0.1) is 12.8 Å². The molecule has 1 aromatic heterocycles. The van der Waals surface area contributed by atoms with Crippen LogP contribution in [-0.2, 0) is 9.59 Å². The summed E-state index contributed by atoms with van der Waals surface area (Å²) in [5.41, 5.74) is 2.11. The second kappa shape index (κ2) is 12.8. The number of halogens is 4. The molecule has 1 aromatic carbocycles. The quantitative estimate of drug-likeness (QED) is 0.484. The molecule has 3 rings (SSSR count). The van der Waals surface area contributed by atoms with Gasteiger partial charge >= 0.3 is 12.1 Å². The second-order valence-corrected chi connectivity index (χ2v) is 9.31. The van der Waals surface area contributed by atoms with E-state index in [4.69, 9.17) is 21.5 Å². The van der Waals surface area contributed by atoms with Crippen LogP contribution in [0.15, 0.2) is 30.5 Å². The predicted octanol–water partition coefficient (Wildman–Crippen LogP) is 4.99. The van der Waals surface area contributed by atoms with Gasteiger partial charge in [-0.3, -0.25) is 4.79 Å². The van der Waals surface area contributed by atoms with Crippen LogP contribution in [0.5, 0.6) is 0 Å². The van der Waals surface area contributed by atoms with Crippen molar-refractivity contribution in [1.82, 2.24) is 15.3 Å². The van der Waals surface area contributed by atoms with E-state index in [2.05, 4.69) is 20.6 Å². The number of hydrogen-bond donors (Lipinski definition) is 3. The third-order valence-corrected chi connectivity index (χ3v) is 6.02. The van der Waals surface area contributed by atoms with Gasteiger partial charge in [0.15, 0.2) is 0 Å². The smallest absolute Gasteiger partial charge is 0.475 e. The zero-order chi connectivity index (χ0) is 27.0. The third-order valence-electron chi connectivity index (χ3n) is 5.77. The van der Waals surface area contributed by atoms with Crippen LogP contribution < -0.4 is 15.5 Å². The van der Waals surface area contributed by atoms with Crippen molar-refractivity contribution in [3.63, 3.8) is 0 Å². The first kappa shape index (κ1) is 29.2. The number of anilines is 2. The molecule has 1 heterocycles. The lowest BCUT2D eigenvalue weighted by atomic mass is 9.85. The fourth-order valence-electron chi connectivity index (χ4n) is 3.80. The summed E-state index contributed by atoms with van der Waals surface area (Å²) in [6, 6.07) is 7.89. The van der Waals surface area contributed by atoms with E-state index in [1.807, 2.05) is 63.3 Å². The molecular formula is C24H31ClF3N5O3. The number of aryl methyl sites for hydroxylation is 1. The molecule has 0 bridgehead atoms. The van der Waals surface area contributed by atoms with Gasteiger partial charge in [-0.15, -0.1) is 0 Å². The maximum atomic E-state index is 12.7. The van der Waals surface area contributed by atoms with Gasteiger partial charge < -0.3 is 20.6 Å². The molecule has 1 saturated carbocycles. The lowest BCUT2D eigenvalue weighted by Crippen LogP contribution is -2.37. The average molecular weight is 530 g/mol. The molecule has 0 aliphatic heterocycles. The molecule has 198 valence electrons. The summed E-state index contributed by atoms with van der Waals surface area (Å²) in [4.78, 5) is 32.6. The van der Waals surface area contributed by atoms with Gasteiger partial charge in [-0.25, -0.2) is 9.78 Å². The number of nitrogens with zero attached hydrogens (tertiary/aromatic N) is 3. The van der Waals surface area contributed by atoms with E-state index in [9.17, 15) is 18.0 Å². The number of aliphatic carboxylic acids is 1. The lowest BCUT2D eigenvalue weighted by molar-refractivity contribution is -0.192. The number of carboxylic acid groups (broad SMARTS) is 1. The van der Waals surface area contributed by atoms with E-state index in [0.717, 1.165) is 42.6 Å². The number of nitrogens with one attached hydrogen (secondary N) is 2.